The normalized spacial score (nSPS) is 10.8. The fraction of sp³-hybridized carbons (Fsp3) is 0.143. The van der Waals surface area contributed by atoms with E-state index >= 15 is 0 Å². The average molecular weight is 219 g/mol. The number of nitrogens with one attached hydrogen (secondary N) is 1. The number of ether oxygens (including phenoxy) is 1. The zero-order valence-corrected chi connectivity index (χ0v) is 7.05. The van der Waals surface area contributed by atoms with Crippen LogP contribution in [0.25, 0.3) is 0 Å². The number of halogens is 3. The summed E-state index contributed by atoms with van der Waals surface area (Å²) < 4.78 is 38.8. The molecule has 0 saturated heterocycles. The molecule has 0 amide bonds. The smallest absolute Gasteiger partial charge is 0.393 e. The molecule has 0 aliphatic rings. The number of hydrogen-bond acceptors (Lipinski definition) is 4. The highest BCUT2D eigenvalue weighted by atomic mass is 19.4. The molecule has 1 heterocycles. The van der Waals surface area contributed by atoms with E-state index in [1.165, 1.54) is 6.07 Å². The molecule has 0 fully saturated rings. The standard InChI is InChI=1S/C7H4F3N3O2/c8-7(9,10)15-6-5(12)3(2-11)1-4(14)13-6/h1H,12H2,(H,13,14). The summed E-state index contributed by atoms with van der Waals surface area (Å²) in [5, 5.41) is 8.45. The molecule has 5 nitrogen and oxygen atoms in total. The maximum atomic E-state index is 11.8. The summed E-state index contributed by atoms with van der Waals surface area (Å²) in [7, 11) is 0. The van der Waals surface area contributed by atoms with Crippen LogP contribution in [0.3, 0.4) is 0 Å². The predicted octanol–water partition coefficient (Wildman–Crippen LogP) is 0.727. The number of rotatable bonds is 1. The van der Waals surface area contributed by atoms with E-state index in [-0.39, 0.29) is 5.56 Å². The van der Waals surface area contributed by atoms with Gasteiger partial charge in [-0.3, -0.25) is 9.78 Å². The zero-order valence-electron chi connectivity index (χ0n) is 7.05. The third-order valence-corrected chi connectivity index (χ3v) is 1.39. The van der Waals surface area contributed by atoms with E-state index in [4.69, 9.17) is 11.0 Å². The quantitative estimate of drug-likeness (QED) is 0.728. The monoisotopic (exact) mass is 219 g/mol. The number of nitrogen functional groups attached to an aromatic ring is 1. The first kappa shape index (κ1) is 10.9. The molecule has 15 heavy (non-hydrogen) atoms. The summed E-state index contributed by atoms with van der Waals surface area (Å²) in [6, 6.07) is 2.25. The first-order valence-corrected chi connectivity index (χ1v) is 3.52. The SMILES string of the molecule is N#Cc1cc(=O)[nH]c(OC(F)(F)F)c1N. The van der Waals surface area contributed by atoms with Crippen molar-refractivity contribution in [3.05, 3.63) is 22.0 Å². The number of nitriles is 1. The molecule has 0 unspecified atom stereocenters. The van der Waals surface area contributed by atoms with Crippen molar-refractivity contribution in [3.8, 4) is 11.9 Å². The van der Waals surface area contributed by atoms with Crippen molar-refractivity contribution in [2.45, 2.75) is 6.36 Å². The molecule has 3 N–H and O–H groups in total. The van der Waals surface area contributed by atoms with Crippen molar-refractivity contribution < 1.29 is 17.9 Å². The second-order valence-electron chi connectivity index (χ2n) is 2.45. The maximum Gasteiger partial charge on any atom is 0.574 e. The van der Waals surface area contributed by atoms with Gasteiger partial charge in [-0.25, -0.2) is 0 Å². The fourth-order valence-electron chi connectivity index (χ4n) is 0.835. The number of alkyl halides is 3. The van der Waals surface area contributed by atoms with Crippen molar-refractivity contribution in [3.63, 3.8) is 0 Å². The van der Waals surface area contributed by atoms with E-state index < -0.39 is 23.5 Å². The Kier molecular flexibility index (Phi) is 2.57. The summed E-state index contributed by atoms with van der Waals surface area (Å²) in [6.07, 6.45) is -4.98. The van der Waals surface area contributed by atoms with Gasteiger partial charge >= 0.3 is 6.36 Å². The summed E-state index contributed by atoms with van der Waals surface area (Å²) >= 11 is 0. The van der Waals surface area contributed by atoms with Crippen LogP contribution >= 0.6 is 0 Å². The third kappa shape index (κ3) is 2.63. The zero-order chi connectivity index (χ0) is 11.6. The highest BCUT2D eigenvalue weighted by Gasteiger charge is 2.33. The Morgan fingerprint density at radius 2 is 2.13 bits per heavy atom. The first-order valence-electron chi connectivity index (χ1n) is 3.52. The van der Waals surface area contributed by atoms with Crippen molar-refractivity contribution in [1.82, 2.24) is 4.98 Å². The molecule has 0 aliphatic carbocycles. The molecule has 1 aromatic heterocycles. The number of pyridine rings is 1. The highest BCUT2D eigenvalue weighted by molar-refractivity contribution is 5.59. The lowest BCUT2D eigenvalue weighted by Gasteiger charge is -2.10. The second kappa shape index (κ2) is 3.53. The molecule has 0 spiro atoms. The third-order valence-electron chi connectivity index (χ3n) is 1.39. The molecule has 0 bridgehead atoms. The molecule has 0 saturated carbocycles. The molecule has 0 aromatic carbocycles. The van der Waals surface area contributed by atoms with E-state index in [1.54, 1.807) is 4.98 Å². The second-order valence-corrected chi connectivity index (χ2v) is 2.45. The Morgan fingerprint density at radius 1 is 1.53 bits per heavy atom. The van der Waals surface area contributed by atoms with Gasteiger partial charge in [-0.05, 0) is 0 Å². The van der Waals surface area contributed by atoms with Gasteiger partial charge in [0.05, 0.1) is 5.56 Å². The van der Waals surface area contributed by atoms with Crippen LogP contribution in [-0.4, -0.2) is 11.3 Å². The van der Waals surface area contributed by atoms with Crippen LogP contribution in [0, 0.1) is 11.3 Å². The molecule has 8 heteroatoms. The molecule has 0 atom stereocenters. The molecule has 1 rings (SSSR count). The van der Waals surface area contributed by atoms with E-state index in [0.29, 0.717) is 0 Å². The molecular formula is C7H4F3N3O2. The Bertz CT molecular complexity index is 472. The summed E-state index contributed by atoms with van der Waals surface area (Å²) in [5.41, 5.74) is 3.31. The van der Waals surface area contributed by atoms with Crippen LogP contribution < -0.4 is 16.0 Å². The topological polar surface area (TPSA) is 91.9 Å². The highest BCUT2D eigenvalue weighted by Crippen LogP contribution is 2.26. The van der Waals surface area contributed by atoms with Crippen LogP contribution in [0.1, 0.15) is 5.56 Å². The van der Waals surface area contributed by atoms with Crippen molar-refractivity contribution >= 4 is 5.69 Å². The number of aromatic amines is 1. The summed E-state index contributed by atoms with van der Waals surface area (Å²) in [6.45, 7) is 0. The Labute approximate surface area is 80.9 Å². The van der Waals surface area contributed by atoms with Gasteiger partial charge in [-0.15, -0.1) is 13.2 Å². The van der Waals surface area contributed by atoms with Crippen molar-refractivity contribution in [2.75, 3.05) is 5.73 Å². The first-order chi connectivity index (χ1) is 6.83. The van der Waals surface area contributed by atoms with Gasteiger partial charge in [0.2, 0.25) is 5.88 Å². The van der Waals surface area contributed by atoms with E-state index in [0.717, 1.165) is 6.07 Å². The van der Waals surface area contributed by atoms with Crippen LogP contribution in [-0.2, 0) is 0 Å². The van der Waals surface area contributed by atoms with E-state index in [9.17, 15) is 18.0 Å². The van der Waals surface area contributed by atoms with Crippen molar-refractivity contribution in [1.29, 1.82) is 5.26 Å². The lowest BCUT2D eigenvalue weighted by atomic mass is 10.2. The van der Waals surface area contributed by atoms with Gasteiger partial charge in [0.1, 0.15) is 11.8 Å². The summed E-state index contributed by atoms with van der Waals surface area (Å²) in [5.74, 6) is -0.980. The molecule has 1 aromatic rings. The van der Waals surface area contributed by atoms with Crippen molar-refractivity contribution in [2.24, 2.45) is 0 Å². The number of anilines is 1. The van der Waals surface area contributed by atoms with Gasteiger partial charge in [0.15, 0.2) is 0 Å². The minimum Gasteiger partial charge on any atom is -0.393 e. The lowest BCUT2D eigenvalue weighted by Crippen LogP contribution is -2.21. The minimum atomic E-state index is -4.98. The molecule has 80 valence electrons. The summed E-state index contributed by atoms with van der Waals surface area (Å²) in [4.78, 5) is 12.5. The number of nitrogens with two attached hydrogens (primary N) is 1. The molecule has 0 aliphatic heterocycles. The Morgan fingerprint density at radius 3 is 2.60 bits per heavy atom. The van der Waals surface area contributed by atoms with E-state index in [2.05, 4.69) is 4.74 Å². The van der Waals surface area contributed by atoms with E-state index in [1.807, 2.05) is 0 Å². The van der Waals surface area contributed by atoms with Crippen LogP contribution in [0.2, 0.25) is 0 Å². The number of hydrogen-bond donors (Lipinski definition) is 2. The Balaban J connectivity index is 3.26. The average Bonchev–Trinajstić information content (AvgIpc) is 2.08. The molecular weight excluding hydrogens is 215 g/mol. The van der Waals surface area contributed by atoms with Crippen LogP contribution in [0.5, 0.6) is 5.88 Å². The van der Waals surface area contributed by atoms with Gasteiger partial charge in [-0.1, -0.05) is 0 Å². The van der Waals surface area contributed by atoms with Gasteiger partial charge < -0.3 is 10.5 Å². The van der Waals surface area contributed by atoms with Crippen LogP contribution in [0.4, 0.5) is 18.9 Å². The van der Waals surface area contributed by atoms with Gasteiger partial charge in [0.25, 0.3) is 5.56 Å². The fourth-order valence-corrected chi connectivity index (χ4v) is 0.835. The van der Waals surface area contributed by atoms with Gasteiger partial charge in [0, 0.05) is 6.07 Å². The number of nitrogens with zero attached hydrogens (tertiary/aromatic N) is 1. The Hall–Kier alpha value is -2.17. The molecule has 0 radical (unpaired) electrons. The predicted molar refractivity (Wildman–Crippen MR) is 42.9 cm³/mol. The number of aromatic nitrogens is 1. The largest absolute Gasteiger partial charge is 0.574 e. The lowest BCUT2D eigenvalue weighted by molar-refractivity contribution is -0.275. The maximum absolute atomic E-state index is 11.8. The minimum absolute atomic E-state index is 0.377. The van der Waals surface area contributed by atoms with Gasteiger partial charge in [-0.2, -0.15) is 5.26 Å². The number of H-pyrrole nitrogens is 1. The van der Waals surface area contributed by atoms with Crippen LogP contribution in [0.15, 0.2) is 10.9 Å².